The van der Waals surface area contributed by atoms with Crippen molar-refractivity contribution in [1.82, 2.24) is 9.78 Å². The topological polar surface area (TPSA) is 53.3 Å². The Bertz CT molecular complexity index is 782. The molecule has 0 aliphatic rings. The molecule has 5 nitrogen and oxygen atoms in total. The molecular formula is C21H29ClN2O3. The van der Waals surface area contributed by atoms with Crippen LogP contribution in [0.3, 0.4) is 0 Å². The molecule has 0 amide bonds. The molecule has 27 heavy (non-hydrogen) atoms. The first-order valence-corrected chi connectivity index (χ1v) is 9.91. The van der Waals surface area contributed by atoms with Crippen molar-refractivity contribution in [3.8, 4) is 5.75 Å². The Morgan fingerprint density at radius 3 is 2.56 bits per heavy atom. The summed E-state index contributed by atoms with van der Waals surface area (Å²) in [7, 11) is 0. The zero-order valence-corrected chi connectivity index (χ0v) is 17.6. The van der Waals surface area contributed by atoms with Gasteiger partial charge in [-0.1, -0.05) is 38.3 Å². The van der Waals surface area contributed by atoms with Crippen molar-refractivity contribution in [2.75, 3.05) is 13.2 Å². The van der Waals surface area contributed by atoms with Crippen LogP contribution in [0.25, 0.3) is 0 Å². The Kier molecular flexibility index (Phi) is 7.72. The van der Waals surface area contributed by atoms with Gasteiger partial charge in [-0.05, 0) is 44.9 Å². The number of nitrogens with zero attached hydrogens (tertiary/aromatic N) is 2. The molecule has 2 rings (SSSR count). The van der Waals surface area contributed by atoms with Gasteiger partial charge in [0, 0.05) is 10.6 Å². The van der Waals surface area contributed by atoms with Gasteiger partial charge in [-0.3, -0.25) is 4.68 Å². The summed E-state index contributed by atoms with van der Waals surface area (Å²) in [5.41, 5.74) is 2.90. The number of hydrogen-bond acceptors (Lipinski definition) is 4. The number of carbonyl (C=O) groups is 1. The molecule has 0 saturated heterocycles. The van der Waals surface area contributed by atoms with Crippen LogP contribution in [0.15, 0.2) is 18.2 Å². The van der Waals surface area contributed by atoms with Gasteiger partial charge in [0.2, 0.25) is 0 Å². The largest absolute Gasteiger partial charge is 0.493 e. The maximum Gasteiger partial charge on any atom is 0.341 e. The van der Waals surface area contributed by atoms with E-state index < -0.39 is 0 Å². The molecular weight excluding hydrogens is 364 g/mol. The second-order valence-corrected chi connectivity index (χ2v) is 7.11. The summed E-state index contributed by atoms with van der Waals surface area (Å²) in [6.45, 7) is 11.3. The molecule has 0 saturated carbocycles. The maximum absolute atomic E-state index is 12.2. The molecule has 1 aromatic carbocycles. The highest BCUT2D eigenvalue weighted by Gasteiger charge is 2.20. The zero-order valence-electron chi connectivity index (χ0n) is 16.8. The first-order valence-electron chi connectivity index (χ1n) is 9.53. The van der Waals surface area contributed by atoms with E-state index in [2.05, 4.69) is 18.9 Å². The number of hydrogen-bond donors (Lipinski definition) is 0. The van der Waals surface area contributed by atoms with Crippen LogP contribution in [0.1, 0.15) is 60.9 Å². The average molecular weight is 393 g/mol. The van der Waals surface area contributed by atoms with Gasteiger partial charge in [-0.2, -0.15) is 5.10 Å². The monoisotopic (exact) mass is 392 g/mol. The van der Waals surface area contributed by atoms with Gasteiger partial charge in [0.05, 0.1) is 31.1 Å². The molecule has 0 spiro atoms. The number of benzene rings is 1. The van der Waals surface area contributed by atoms with Gasteiger partial charge >= 0.3 is 5.97 Å². The molecule has 2 aromatic rings. The van der Waals surface area contributed by atoms with Crippen LogP contribution < -0.4 is 4.74 Å². The van der Waals surface area contributed by atoms with Crippen molar-refractivity contribution in [1.29, 1.82) is 0 Å². The maximum atomic E-state index is 12.2. The summed E-state index contributed by atoms with van der Waals surface area (Å²) < 4.78 is 13.0. The van der Waals surface area contributed by atoms with E-state index in [0.717, 1.165) is 29.8 Å². The van der Waals surface area contributed by atoms with Crippen LogP contribution >= 0.6 is 11.6 Å². The molecule has 0 N–H and O–H groups in total. The molecule has 0 radical (unpaired) electrons. The first-order chi connectivity index (χ1) is 12.9. The summed E-state index contributed by atoms with van der Waals surface area (Å²) in [4.78, 5) is 12.2. The standard InChI is InChI=1S/C21H29ClN2O3/c1-6-16(7-2)13-27-19-10-9-18(22)11-17(19)12-24-15(5)20(14(4)23-24)21(25)26-8-3/h9-11,16H,6-8,12-13H2,1-5H3. The van der Waals surface area contributed by atoms with Gasteiger partial charge < -0.3 is 9.47 Å². The Labute approximate surface area is 166 Å². The quantitative estimate of drug-likeness (QED) is 0.551. The highest BCUT2D eigenvalue weighted by Crippen LogP contribution is 2.26. The van der Waals surface area contributed by atoms with E-state index in [1.807, 2.05) is 32.0 Å². The molecule has 0 aliphatic carbocycles. The molecule has 0 fully saturated rings. The number of aryl methyl sites for hydroxylation is 1. The lowest BCUT2D eigenvalue weighted by atomic mass is 10.1. The Morgan fingerprint density at radius 1 is 1.22 bits per heavy atom. The van der Waals surface area contributed by atoms with Crippen molar-refractivity contribution in [2.45, 2.75) is 54.0 Å². The molecule has 0 aliphatic heterocycles. The van der Waals surface area contributed by atoms with Crippen molar-refractivity contribution in [2.24, 2.45) is 5.92 Å². The zero-order chi connectivity index (χ0) is 20.0. The van der Waals surface area contributed by atoms with E-state index in [1.54, 1.807) is 11.6 Å². The van der Waals surface area contributed by atoms with E-state index in [1.165, 1.54) is 0 Å². The highest BCUT2D eigenvalue weighted by molar-refractivity contribution is 6.30. The third-order valence-electron chi connectivity index (χ3n) is 4.83. The van der Waals surface area contributed by atoms with Crippen molar-refractivity contribution < 1.29 is 14.3 Å². The third kappa shape index (κ3) is 5.25. The lowest BCUT2D eigenvalue weighted by Crippen LogP contribution is -2.13. The summed E-state index contributed by atoms with van der Waals surface area (Å²) in [6, 6.07) is 5.63. The smallest absolute Gasteiger partial charge is 0.341 e. The summed E-state index contributed by atoms with van der Waals surface area (Å²) in [5, 5.41) is 5.17. The fourth-order valence-corrected chi connectivity index (χ4v) is 3.25. The number of rotatable bonds is 9. The van der Waals surface area contributed by atoms with Crippen LogP contribution in [0, 0.1) is 19.8 Å². The number of ether oxygens (including phenoxy) is 2. The first kappa shape index (κ1) is 21.3. The molecule has 0 bridgehead atoms. The Hall–Kier alpha value is -2.01. The highest BCUT2D eigenvalue weighted by atomic mass is 35.5. The van der Waals surface area contributed by atoms with Gasteiger partial charge in [0.25, 0.3) is 0 Å². The minimum atomic E-state index is -0.338. The average Bonchev–Trinajstić information content (AvgIpc) is 2.91. The second-order valence-electron chi connectivity index (χ2n) is 6.67. The lowest BCUT2D eigenvalue weighted by Gasteiger charge is -2.17. The SMILES string of the molecule is CCOC(=O)c1c(C)nn(Cc2cc(Cl)ccc2OCC(CC)CC)c1C. The van der Waals surface area contributed by atoms with Crippen LogP contribution in [0.4, 0.5) is 0 Å². The van der Waals surface area contributed by atoms with E-state index in [9.17, 15) is 4.79 Å². The van der Waals surface area contributed by atoms with Gasteiger partial charge in [-0.25, -0.2) is 4.79 Å². The van der Waals surface area contributed by atoms with Gasteiger partial charge in [-0.15, -0.1) is 0 Å². The van der Waals surface area contributed by atoms with Crippen LogP contribution in [0.2, 0.25) is 5.02 Å². The van der Waals surface area contributed by atoms with E-state index >= 15 is 0 Å². The van der Waals surface area contributed by atoms with Crippen molar-refractivity contribution in [3.05, 3.63) is 45.7 Å². The number of carbonyl (C=O) groups excluding carboxylic acids is 1. The minimum absolute atomic E-state index is 0.338. The lowest BCUT2D eigenvalue weighted by molar-refractivity contribution is 0.0524. The predicted octanol–water partition coefficient (Wildman–Crippen LogP) is 5.19. The number of halogens is 1. The molecule has 1 heterocycles. The van der Waals surface area contributed by atoms with E-state index in [-0.39, 0.29) is 5.97 Å². The predicted molar refractivity (Wildman–Crippen MR) is 108 cm³/mol. The molecule has 1 aromatic heterocycles. The van der Waals surface area contributed by atoms with Gasteiger partial charge in [0.15, 0.2) is 0 Å². The Morgan fingerprint density at radius 2 is 1.93 bits per heavy atom. The van der Waals surface area contributed by atoms with Crippen LogP contribution in [-0.4, -0.2) is 29.0 Å². The second kappa shape index (κ2) is 9.79. The van der Waals surface area contributed by atoms with Crippen LogP contribution in [-0.2, 0) is 11.3 Å². The van der Waals surface area contributed by atoms with Gasteiger partial charge in [0.1, 0.15) is 11.3 Å². The van der Waals surface area contributed by atoms with Crippen molar-refractivity contribution in [3.63, 3.8) is 0 Å². The number of esters is 1. The molecule has 6 heteroatoms. The van der Waals surface area contributed by atoms with Crippen molar-refractivity contribution >= 4 is 17.6 Å². The number of aromatic nitrogens is 2. The fraction of sp³-hybridized carbons (Fsp3) is 0.524. The van der Waals surface area contributed by atoms with E-state index in [4.69, 9.17) is 21.1 Å². The summed E-state index contributed by atoms with van der Waals surface area (Å²) >= 11 is 6.21. The Balaban J connectivity index is 2.28. The summed E-state index contributed by atoms with van der Waals surface area (Å²) in [5.74, 6) is 0.990. The third-order valence-corrected chi connectivity index (χ3v) is 5.07. The molecule has 0 unspecified atom stereocenters. The molecule has 0 atom stereocenters. The molecule has 148 valence electrons. The fourth-order valence-electron chi connectivity index (χ4n) is 3.06. The minimum Gasteiger partial charge on any atom is -0.493 e. The normalized spacial score (nSPS) is 11.1. The summed E-state index contributed by atoms with van der Waals surface area (Å²) in [6.07, 6.45) is 2.17. The van der Waals surface area contributed by atoms with Crippen LogP contribution in [0.5, 0.6) is 5.75 Å². The van der Waals surface area contributed by atoms with E-state index in [0.29, 0.717) is 42.0 Å².